The summed E-state index contributed by atoms with van der Waals surface area (Å²) in [5, 5.41) is 2.37. The van der Waals surface area contributed by atoms with Gasteiger partial charge in [0.15, 0.2) is 17.4 Å². The Kier molecular flexibility index (Phi) is 4.16. The molecule has 0 fully saturated rings. The molecule has 1 aromatic rings. The molecular formula is C13H15F2NO2. The average molecular weight is 255 g/mol. The van der Waals surface area contributed by atoms with Crippen molar-refractivity contribution in [2.75, 3.05) is 6.54 Å². The summed E-state index contributed by atoms with van der Waals surface area (Å²) in [5.41, 5.74) is -0.572. The number of rotatable bonds is 3. The Bertz CT molecular complexity index is 478. The van der Waals surface area contributed by atoms with Crippen LogP contribution in [0.25, 0.3) is 0 Å². The molecule has 3 nitrogen and oxygen atoms in total. The van der Waals surface area contributed by atoms with E-state index in [1.807, 2.05) is 0 Å². The molecule has 0 aromatic heterocycles. The fourth-order valence-electron chi connectivity index (χ4n) is 1.17. The molecule has 0 atom stereocenters. The van der Waals surface area contributed by atoms with Crippen LogP contribution in [0.15, 0.2) is 18.2 Å². The molecule has 0 heterocycles. The maximum absolute atomic E-state index is 12.9. The van der Waals surface area contributed by atoms with Crippen molar-refractivity contribution < 1.29 is 18.4 Å². The van der Waals surface area contributed by atoms with Crippen molar-refractivity contribution >= 4 is 11.7 Å². The number of Topliss-reactive ketones (excluding diaryl/α,β-unsaturated/α-hetero) is 1. The van der Waals surface area contributed by atoms with Crippen LogP contribution >= 0.6 is 0 Å². The maximum Gasteiger partial charge on any atom is 0.251 e. The normalized spacial score (nSPS) is 11.2. The summed E-state index contributed by atoms with van der Waals surface area (Å²) in [6, 6.07) is 2.83. The predicted octanol–water partition coefficient (Wildman–Crippen LogP) is 2.31. The Morgan fingerprint density at radius 2 is 1.78 bits per heavy atom. The van der Waals surface area contributed by atoms with Gasteiger partial charge in [-0.15, -0.1) is 0 Å². The second kappa shape index (κ2) is 5.25. The van der Waals surface area contributed by atoms with E-state index in [9.17, 15) is 18.4 Å². The maximum atomic E-state index is 12.9. The molecule has 98 valence electrons. The summed E-state index contributed by atoms with van der Waals surface area (Å²) in [6.45, 7) is 5.07. The number of hydrogen-bond acceptors (Lipinski definition) is 2. The number of carbonyl (C=O) groups is 2. The van der Waals surface area contributed by atoms with Gasteiger partial charge in [-0.25, -0.2) is 8.78 Å². The molecule has 18 heavy (non-hydrogen) atoms. The van der Waals surface area contributed by atoms with Crippen LogP contribution in [0.3, 0.4) is 0 Å². The molecule has 0 aliphatic heterocycles. The van der Waals surface area contributed by atoms with Crippen molar-refractivity contribution in [2.24, 2.45) is 5.41 Å². The van der Waals surface area contributed by atoms with Gasteiger partial charge in [0, 0.05) is 11.0 Å². The predicted molar refractivity (Wildman–Crippen MR) is 63.2 cm³/mol. The van der Waals surface area contributed by atoms with Crippen molar-refractivity contribution in [3.8, 4) is 0 Å². The number of amides is 1. The zero-order valence-corrected chi connectivity index (χ0v) is 10.5. The average Bonchev–Trinajstić information content (AvgIpc) is 2.27. The van der Waals surface area contributed by atoms with Crippen molar-refractivity contribution in [3.05, 3.63) is 35.4 Å². The number of halogens is 2. The molecule has 1 aromatic carbocycles. The highest BCUT2D eigenvalue weighted by Crippen LogP contribution is 2.14. The van der Waals surface area contributed by atoms with Crippen LogP contribution in [-0.2, 0) is 4.79 Å². The molecule has 0 saturated heterocycles. The van der Waals surface area contributed by atoms with Crippen molar-refractivity contribution in [1.29, 1.82) is 0 Å². The van der Waals surface area contributed by atoms with E-state index in [0.29, 0.717) is 0 Å². The minimum atomic E-state index is -1.09. The van der Waals surface area contributed by atoms with Gasteiger partial charge in [0.05, 0.1) is 6.54 Å². The Labute approximate surface area is 104 Å². The highest BCUT2D eigenvalue weighted by Gasteiger charge is 2.21. The molecular weight excluding hydrogens is 240 g/mol. The quantitative estimate of drug-likeness (QED) is 0.900. The van der Waals surface area contributed by atoms with Crippen molar-refractivity contribution in [2.45, 2.75) is 20.8 Å². The van der Waals surface area contributed by atoms with E-state index in [-0.39, 0.29) is 17.9 Å². The van der Waals surface area contributed by atoms with E-state index in [2.05, 4.69) is 5.32 Å². The topological polar surface area (TPSA) is 46.2 Å². The van der Waals surface area contributed by atoms with E-state index in [1.165, 1.54) is 0 Å². The molecule has 0 bridgehead atoms. The first-order valence-electron chi connectivity index (χ1n) is 5.48. The van der Waals surface area contributed by atoms with E-state index in [4.69, 9.17) is 0 Å². The van der Waals surface area contributed by atoms with Crippen LogP contribution < -0.4 is 5.32 Å². The summed E-state index contributed by atoms with van der Waals surface area (Å²) < 4.78 is 25.6. The van der Waals surface area contributed by atoms with Crippen LogP contribution in [0.1, 0.15) is 31.1 Å². The Hall–Kier alpha value is -1.78. The highest BCUT2D eigenvalue weighted by molar-refractivity contribution is 5.97. The number of hydrogen-bond donors (Lipinski definition) is 1. The summed E-state index contributed by atoms with van der Waals surface area (Å²) in [5.74, 6) is -2.85. The van der Waals surface area contributed by atoms with Crippen LogP contribution in [0.4, 0.5) is 8.78 Å². The van der Waals surface area contributed by atoms with Gasteiger partial charge in [-0.3, -0.25) is 9.59 Å². The second-order valence-electron chi connectivity index (χ2n) is 4.98. The van der Waals surface area contributed by atoms with E-state index >= 15 is 0 Å². The van der Waals surface area contributed by atoms with Gasteiger partial charge in [0.1, 0.15) is 0 Å². The van der Waals surface area contributed by atoms with Crippen molar-refractivity contribution in [1.82, 2.24) is 5.32 Å². The molecule has 1 N–H and O–H groups in total. The number of benzene rings is 1. The minimum absolute atomic E-state index is 0.0180. The zero-order chi connectivity index (χ0) is 13.9. The summed E-state index contributed by atoms with van der Waals surface area (Å²) in [6.07, 6.45) is 0. The largest absolute Gasteiger partial charge is 0.345 e. The SMILES string of the molecule is CC(C)(C)C(=O)CNC(=O)c1ccc(F)c(F)c1. The zero-order valence-electron chi connectivity index (χ0n) is 10.5. The second-order valence-corrected chi connectivity index (χ2v) is 4.98. The number of carbonyl (C=O) groups excluding carboxylic acids is 2. The molecule has 1 amide bonds. The lowest BCUT2D eigenvalue weighted by Gasteiger charge is -2.16. The van der Waals surface area contributed by atoms with Gasteiger partial charge in [0.25, 0.3) is 5.91 Å². The van der Waals surface area contributed by atoms with Crippen molar-refractivity contribution in [3.63, 3.8) is 0 Å². The number of ketones is 1. The Morgan fingerprint density at radius 3 is 2.28 bits per heavy atom. The number of nitrogens with one attached hydrogen (secondary N) is 1. The van der Waals surface area contributed by atoms with Crippen LogP contribution in [0, 0.1) is 17.0 Å². The summed E-state index contributed by atoms with van der Waals surface area (Å²) in [4.78, 5) is 23.2. The Balaban J connectivity index is 2.66. The lowest BCUT2D eigenvalue weighted by atomic mass is 9.91. The van der Waals surface area contributed by atoms with E-state index in [1.54, 1.807) is 20.8 Å². The molecule has 0 saturated carbocycles. The molecule has 0 aliphatic carbocycles. The smallest absolute Gasteiger partial charge is 0.251 e. The fraction of sp³-hybridized carbons (Fsp3) is 0.385. The first-order chi connectivity index (χ1) is 8.21. The highest BCUT2D eigenvalue weighted by atomic mass is 19.2. The molecule has 0 spiro atoms. The van der Waals surface area contributed by atoms with Crippen LogP contribution in [0.5, 0.6) is 0 Å². The lowest BCUT2D eigenvalue weighted by Crippen LogP contribution is -2.35. The first-order valence-corrected chi connectivity index (χ1v) is 5.48. The van der Waals surface area contributed by atoms with Gasteiger partial charge < -0.3 is 5.32 Å². The third-order valence-corrected chi connectivity index (χ3v) is 2.43. The van der Waals surface area contributed by atoms with E-state index < -0.39 is 23.0 Å². The summed E-state index contributed by atoms with van der Waals surface area (Å²) in [7, 11) is 0. The molecule has 0 unspecified atom stereocenters. The van der Waals surface area contributed by atoms with Crippen LogP contribution in [-0.4, -0.2) is 18.2 Å². The van der Waals surface area contributed by atoms with Gasteiger partial charge in [-0.05, 0) is 18.2 Å². The third-order valence-electron chi connectivity index (χ3n) is 2.43. The van der Waals surface area contributed by atoms with Gasteiger partial charge >= 0.3 is 0 Å². The molecule has 1 rings (SSSR count). The minimum Gasteiger partial charge on any atom is -0.345 e. The van der Waals surface area contributed by atoms with Gasteiger partial charge in [0.2, 0.25) is 0 Å². The van der Waals surface area contributed by atoms with Gasteiger partial charge in [-0.1, -0.05) is 20.8 Å². The van der Waals surface area contributed by atoms with Gasteiger partial charge in [-0.2, -0.15) is 0 Å². The van der Waals surface area contributed by atoms with Crippen LogP contribution in [0.2, 0.25) is 0 Å². The summed E-state index contributed by atoms with van der Waals surface area (Å²) >= 11 is 0. The Morgan fingerprint density at radius 1 is 1.17 bits per heavy atom. The monoisotopic (exact) mass is 255 g/mol. The standard InChI is InChI=1S/C13H15F2NO2/c1-13(2,3)11(17)7-16-12(18)8-4-5-9(14)10(15)6-8/h4-6H,7H2,1-3H3,(H,16,18). The molecule has 0 aliphatic rings. The fourth-order valence-corrected chi connectivity index (χ4v) is 1.17. The first kappa shape index (κ1) is 14.3. The third kappa shape index (κ3) is 3.61. The molecule has 0 radical (unpaired) electrons. The lowest BCUT2D eigenvalue weighted by molar-refractivity contribution is -0.125. The van der Waals surface area contributed by atoms with E-state index in [0.717, 1.165) is 18.2 Å². The molecule has 5 heteroatoms.